The van der Waals surface area contributed by atoms with Gasteiger partial charge in [0.05, 0.1) is 11.4 Å². The SMILES string of the molecule is CN1CC(OC(=O)N(c2ccccc2)c2ccccc2)C1. The number of anilines is 2. The van der Waals surface area contributed by atoms with Gasteiger partial charge in [-0.3, -0.25) is 4.90 Å². The van der Waals surface area contributed by atoms with Crippen LogP contribution in [0.1, 0.15) is 0 Å². The molecule has 1 aliphatic rings. The van der Waals surface area contributed by atoms with Crippen LogP contribution in [0.4, 0.5) is 16.2 Å². The topological polar surface area (TPSA) is 32.8 Å². The molecule has 0 atom stereocenters. The monoisotopic (exact) mass is 282 g/mol. The molecule has 1 heterocycles. The first-order valence-electron chi connectivity index (χ1n) is 7.03. The third-order valence-corrected chi connectivity index (χ3v) is 3.51. The average Bonchev–Trinajstić information content (AvgIpc) is 2.48. The summed E-state index contributed by atoms with van der Waals surface area (Å²) in [6.45, 7) is 1.59. The van der Waals surface area contributed by atoms with Crippen molar-refractivity contribution in [3.05, 3.63) is 60.7 Å². The first kappa shape index (κ1) is 13.6. The maximum atomic E-state index is 12.5. The minimum Gasteiger partial charge on any atom is -0.443 e. The van der Waals surface area contributed by atoms with Gasteiger partial charge in [-0.1, -0.05) is 36.4 Å². The molecule has 4 heteroatoms. The highest BCUT2D eigenvalue weighted by atomic mass is 16.6. The van der Waals surface area contributed by atoms with Gasteiger partial charge in [-0.25, -0.2) is 9.69 Å². The van der Waals surface area contributed by atoms with Crippen molar-refractivity contribution in [2.75, 3.05) is 25.0 Å². The Hall–Kier alpha value is -2.33. The Morgan fingerprint density at radius 1 is 1.00 bits per heavy atom. The molecule has 1 amide bonds. The van der Waals surface area contributed by atoms with E-state index in [1.165, 1.54) is 0 Å². The predicted molar refractivity (Wildman–Crippen MR) is 82.8 cm³/mol. The lowest BCUT2D eigenvalue weighted by Crippen LogP contribution is -2.51. The number of rotatable bonds is 3. The number of likely N-dealkylation sites (N-methyl/N-ethyl adjacent to an activating group) is 1. The molecule has 0 aromatic heterocycles. The van der Waals surface area contributed by atoms with E-state index >= 15 is 0 Å². The molecule has 2 aromatic carbocycles. The van der Waals surface area contributed by atoms with Gasteiger partial charge in [0.2, 0.25) is 0 Å². The number of amides is 1. The minimum absolute atomic E-state index is 0.0163. The summed E-state index contributed by atoms with van der Waals surface area (Å²) >= 11 is 0. The molecule has 0 N–H and O–H groups in total. The summed E-state index contributed by atoms with van der Waals surface area (Å²) in [6.07, 6.45) is -0.345. The van der Waals surface area contributed by atoms with E-state index in [1.54, 1.807) is 4.90 Å². The van der Waals surface area contributed by atoms with Crippen molar-refractivity contribution >= 4 is 17.5 Å². The quantitative estimate of drug-likeness (QED) is 0.866. The van der Waals surface area contributed by atoms with Gasteiger partial charge in [-0.2, -0.15) is 0 Å². The lowest BCUT2D eigenvalue weighted by Gasteiger charge is -2.36. The van der Waals surface area contributed by atoms with Crippen LogP contribution >= 0.6 is 0 Å². The standard InChI is InChI=1S/C17H18N2O2/c1-18-12-16(13-18)21-17(20)19(14-8-4-2-5-9-14)15-10-6-3-7-11-15/h2-11,16H,12-13H2,1H3. The number of carbonyl (C=O) groups excluding carboxylic acids is 1. The maximum Gasteiger partial charge on any atom is 0.419 e. The summed E-state index contributed by atoms with van der Waals surface area (Å²) in [5.41, 5.74) is 1.61. The molecule has 1 saturated heterocycles. The van der Waals surface area contributed by atoms with Gasteiger partial charge in [-0.15, -0.1) is 0 Å². The third kappa shape index (κ3) is 3.06. The summed E-state index contributed by atoms with van der Waals surface area (Å²) < 4.78 is 5.57. The molecule has 21 heavy (non-hydrogen) atoms. The summed E-state index contributed by atoms with van der Waals surface area (Å²) in [5.74, 6) is 0. The second-order valence-electron chi connectivity index (χ2n) is 5.23. The Morgan fingerprint density at radius 3 is 1.90 bits per heavy atom. The molecule has 0 unspecified atom stereocenters. The van der Waals surface area contributed by atoms with Gasteiger partial charge in [0.15, 0.2) is 0 Å². The molecule has 1 fully saturated rings. The highest BCUT2D eigenvalue weighted by molar-refractivity contribution is 5.96. The highest BCUT2D eigenvalue weighted by Crippen LogP contribution is 2.26. The third-order valence-electron chi connectivity index (χ3n) is 3.51. The van der Waals surface area contributed by atoms with Crippen LogP contribution in [-0.2, 0) is 4.74 Å². The zero-order chi connectivity index (χ0) is 14.7. The van der Waals surface area contributed by atoms with Crippen molar-refractivity contribution in [1.82, 2.24) is 4.90 Å². The fourth-order valence-electron chi connectivity index (χ4n) is 2.43. The Balaban J connectivity index is 1.84. The van der Waals surface area contributed by atoms with Gasteiger partial charge in [0.25, 0.3) is 0 Å². The first-order valence-corrected chi connectivity index (χ1v) is 7.03. The second-order valence-corrected chi connectivity index (χ2v) is 5.23. The zero-order valence-corrected chi connectivity index (χ0v) is 12.0. The van der Waals surface area contributed by atoms with Crippen molar-refractivity contribution in [3.8, 4) is 0 Å². The Labute approximate surface area is 124 Å². The number of ether oxygens (including phenoxy) is 1. The van der Waals surface area contributed by atoms with Crippen LogP contribution in [0.3, 0.4) is 0 Å². The van der Waals surface area contributed by atoms with Gasteiger partial charge in [0.1, 0.15) is 6.10 Å². The number of benzene rings is 2. The van der Waals surface area contributed by atoms with E-state index in [0.29, 0.717) is 0 Å². The fourth-order valence-corrected chi connectivity index (χ4v) is 2.43. The van der Waals surface area contributed by atoms with Crippen molar-refractivity contribution < 1.29 is 9.53 Å². The molecule has 1 aliphatic heterocycles. The van der Waals surface area contributed by atoms with Crippen LogP contribution in [0.15, 0.2) is 60.7 Å². The second kappa shape index (κ2) is 5.97. The molecule has 0 aliphatic carbocycles. The van der Waals surface area contributed by atoms with Crippen molar-refractivity contribution in [3.63, 3.8) is 0 Å². The molecule has 0 saturated carbocycles. The number of carbonyl (C=O) groups is 1. The molecule has 0 bridgehead atoms. The van der Waals surface area contributed by atoms with E-state index in [0.717, 1.165) is 24.5 Å². The Morgan fingerprint density at radius 2 is 1.48 bits per heavy atom. The molecular formula is C17H18N2O2. The average molecular weight is 282 g/mol. The van der Waals surface area contributed by atoms with Crippen LogP contribution < -0.4 is 4.90 Å². The molecule has 4 nitrogen and oxygen atoms in total. The smallest absolute Gasteiger partial charge is 0.419 e. The Bertz CT molecular complexity index is 555. The van der Waals surface area contributed by atoms with Crippen LogP contribution in [0, 0.1) is 0 Å². The van der Waals surface area contributed by atoms with E-state index < -0.39 is 0 Å². The summed E-state index contributed by atoms with van der Waals surface area (Å²) in [6, 6.07) is 19.1. The maximum absolute atomic E-state index is 12.5. The van der Waals surface area contributed by atoms with Crippen LogP contribution in [-0.4, -0.2) is 37.2 Å². The summed E-state index contributed by atoms with van der Waals surface area (Å²) in [7, 11) is 2.01. The van der Waals surface area contributed by atoms with E-state index in [2.05, 4.69) is 4.90 Å². The van der Waals surface area contributed by atoms with Gasteiger partial charge >= 0.3 is 6.09 Å². The van der Waals surface area contributed by atoms with E-state index in [9.17, 15) is 4.79 Å². The number of likely N-dealkylation sites (tertiary alicyclic amines) is 1. The van der Waals surface area contributed by atoms with Crippen LogP contribution in [0.2, 0.25) is 0 Å². The predicted octanol–water partition coefficient (Wildman–Crippen LogP) is 3.28. The largest absolute Gasteiger partial charge is 0.443 e. The van der Waals surface area contributed by atoms with Crippen LogP contribution in [0.25, 0.3) is 0 Å². The fraction of sp³-hybridized carbons (Fsp3) is 0.235. The van der Waals surface area contributed by atoms with Gasteiger partial charge in [-0.05, 0) is 31.3 Å². The van der Waals surface area contributed by atoms with Crippen molar-refractivity contribution in [1.29, 1.82) is 0 Å². The number of hydrogen-bond donors (Lipinski definition) is 0. The lowest BCUT2D eigenvalue weighted by atomic mass is 10.2. The minimum atomic E-state index is -0.328. The van der Waals surface area contributed by atoms with Crippen molar-refractivity contribution in [2.45, 2.75) is 6.10 Å². The molecular weight excluding hydrogens is 264 g/mol. The highest BCUT2D eigenvalue weighted by Gasteiger charge is 2.29. The lowest BCUT2D eigenvalue weighted by molar-refractivity contribution is 0.00477. The first-order chi connectivity index (χ1) is 10.2. The molecule has 3 rings (SSSR count). The molecule has 2 aromatic rings. The van der Waals surface area contributed by atoms with E-state index in [4.69, 9.17) is 4.74 Å². The van der Waals surface area contributed by atoms with Crippen molar-refractivity contribution in [2.24, 2.45) is 0 Å². The zero-order valence-electron chi connectivity index (χ0n) is 12.0. The van der Waals surface area contributed by atoms with Gasteiger partial charge in [0, 0.05) is 13.1 Å². The summed E-state index contributed by atoms with van der Waals surface area (Å²) in [5, 5.41) is 0. The van der Waals surface area contributed by atoms with E-state index in [1.807, 2.05) is 67.7 Å². The normalized spacial score (nSPS) is 15.3. The van der Waals surface area contributed by atoms with Gasteiger partial charge < -0.3 is 4.74 Å². The molecule has 0 radical (unpaired) electrons. The van der Waals surface area contributed by atoms with E-state index in [-0.39, 0.29) is 12.2 Å². The molecule has 108 valence electrons. The number of hydrogen-bond acceptors (Lipinski definition) is 3. The molecule has 0 spiro atoms. The number of nitrogens with zero attached hydrogens (tertiary/aromatic N) is 2. The number of para-hydroxylation sites is 2. The Kier molecular flexibility index (Phi) is 3.88. The summed E-state index contributed by atoms with van der Waals surface area (Å²) in [4.78, 5) is 16.3. The van der Waals surface area contributed by atoms with Crippen LogP contribution in [0.5, 0.6) is 0 Å².